The second kappa shape index (κ2) is 7.39. The highest BCUT2D eigenvalue weighted by Gasteiger charge is 1.74. The molecular weight excluding hydrogens is 120 g/mol. The van der Waals surface area contributed by atoms with Crippen molar-refractivity contribution in [3.05, 3.63) is 0 Å². The van der Waals surface area contributed by atoms with Crippen LogP contribution in [0.1, 0.15) is 0 Å². The van der Waals surface area contributed by atoms with E-state index in [9.17, 15) is 0 Å². The van der Waals surface area contributed by atoms with Crippen LogP contribution in [0.15, 0.2) is 4.99 Å². The topological polar surface area (TPSA) is 64.9 Å². The van der Waals surface area contributed by atoms with Gasteiger partial charge in [0.25, 0.3) is 0 Å². The van der Waals surface area contributed by atoms with Crippen molar-refractivity contribution in [1.29, 1.82) is 0 Å². The summed E-state index contributed by atoms with van der Waals surface area (Å²) in [5, 5.41) is 19.2. The molecule has 0 atom stereocenters. The molecule has 0 fully saturated rings. The van der Waals surface area contributed by atoms with Gasteiger partial charge < -0.3 is 15.5 Å². The molecule has 4 heteroatoms. The van der Waals surface area contributed by atoms with E-state index < -0.39 is 0 Å². The standard InChI is InChI=1S/C5H12N2O2/c8-3-1-6-5-7-2-4-9/h5,8-9H,1-4H2,(H,6,7). The van der Waals surface area contributed by atoms with Gasteiger partial charge in [-0.05, 0) is 0 Å². The summed E-state index contributed by atoms with van der Waals surface area (Å²) < 4.78 is 0. The average molecular weight is 132 g/mol. The third kappa shape index (κ3) is 7.39. The molecule has 0 unspecified atom stereocenters. The maximum Gasteiger partial charge on any atom is 0.0825 e. The fourth-order valence-corrected chi connectivity index (χ4v) is 0.316. The number of aliphatic hydroxyl groups excluding tert-OH is 2. The molecule has 0 aromatic carbocycles. The van der Waals surface area contributed by atoms with Crippen LogP contribution >= 0.6 is 0 Å². The number of hydrogen-bond donors (Lipinski definition) is 3. The average Bonchev–Trinajstić information content (AvgIpc) is 1.89. The predicted molar refractivity (Wildman–Crippen MR) is 35.5 cm³/mol. The Kier molecular flexibility index (Phi) is 6.89. The van der Waals surface area contributed by atoms with E-state index in [1.165, 1.54) is 6.34 Å². The highest BCUT2D eigenvalue weighted by molar-refractivity contribution is 5.53. The van der Waals surface area contributed by atoms with Gasteiger partial charge in [-0.3, -0.25) is 4.99 Å². The third-order valence-corrected chi connectivity index (χ3v) is 0.668. The Hall–Kier alpha value is -0.610. The van der Waals surface area contributed by atoms with Crippen LogP contribution in [-0.2, 0) is 0 Å². The summed E-state index contributed by atoms with van der Waals surface area (Å²) in [6, 6.07) is 0. The van der Waals surface area contributed by atoms with Crippen molar-refractivity contribution in [1.82, 2.24) is 5.32 Å². The fourth-order valence-electron chi connectivity index (χ4n) is 0.316. The molecule has 0 aliphatic carbocycles. The summed E-state index contributed by atoms with van der Waals surface area (Å²) in [5.74, 6) is 0. The molecular formula is C5H12N2O2. The summed E-state index contributed by atoms with van der Waals surface area (Å²) in [6.45, 7) is 1.09. The molecule has 4 nitrogen and oxygen atoms in total. The molecule has 0 heterocycles. The minimum Gasteiger partial charge on any atom is -0.395 e. The number of aliphatic hydroxyl groups is 2. The second-order valence-corrected chi connectivity index (χ2v) is 1.44. The lowest BCUT2D eigenvalue weighted by Crippen LogP contribution is -2.16. The molecule has 0 aliphatic rings. The van der Waals surface area contributed by atoms with Gasteiger partial charge in [-0.15, -0.1) is 0 Å². The molecule has 0 aromatic heterocycles. The van der Waals surface area contributed by atoms with E-state index in [1.807, 2.05) is 0 Å². The van der Waals surface area contributed by atoms with E-state index in [1.54, 1.807) is 0 Å². The summed E-state index contributed by atoms with van der Waals surface area (Å²) in [6.07, 6.45) is 1.48. The molecule has 0 aromatic rings. The van der Waals surface area contributed by atoms with Gasteiger partial charge >= 0.3 is 0 Å². The van der Waals surface area contributed by atoms with Crippen LogP contribution < -0.4 is 5.32 Å². The summed E-state index contributed by atoms with van der Waals surface area (Å²) >= 11 is 0. The van der Waals surface area contributed by atoms with Crippen LogP contribution in [0, 0.1) is 0 Å². The number of rotatable bonds is 5. The molecule has 0 radical (unpaired) electrons. The maximum absolute atomic E-state index is 8.25. The largest absolute Gasteiger partial charge is 0.395 e. The minimum absolute atomic E-state index is 0.0668. The number of nitrogens with zero attached hydrogens (tertiary/aromatic N) is 1. The van der Waals surface area contributed by atoms with Crippen molar-refractivity contribution < 1.29 is 10.2 Å². The normalized spacial score (nSPS) is 10.4. The molecule has 0 saturated carbocycles. The van der Waals surface area contributed by atoms with Gasteiger partial charge in [0.1, 0.15) is 0 Å². The van der Waals surface area contributed by atoms with Gasteiger partial charge in [-0.25, -0.2) is 0 Å². The van der Waals surface area contributed by atoms with Gasteiger partial charge in [-0.2, -0.15) is 0 Å². The number of nitrogens with one attached hydrogen (secondary N) is 1. The molecule has 0 saturated heterocycles. The quantitative estimate of drug-likeness (QED) is 0.244. The van der Waals surface area contributed by atoms with Crippen LogP contribution in [0.25, 0.3) is 0 Å². The van der Waals surface area contributed by atoms with E-state index in [2.05, 4.69) is 10.3 Å². The molecule has 54 valence electrons. The second-order valence-electron chi connectivity index (χ2n) is 1.44. The number of aliphatic imine (C=N–C) groups is 1. The van der Waals surface area contributed by atoms with Gasteiger partial charge in [0, 0.05) is 6.54 Å². The Morgan fingerprint density at radius 3 is 2.67 bits per heavy atom. The van der Waals surface area contributed by atoms with Crippen LogP contribution in [0.4, 0.5) is 0 Å². The van der Waals surface area contributed by atoms with E-state index >= 15 is 0 Å². The smallest absolute Gasteiger partial charge is 0.0825 e. The van der Waals surface area contributed by atoms with Gasteiger partial charge in [0.15, 0.2) is 0 Å². The van der Waals surface area contributed by atoms with Gasteiger partial charge in [0.05, 0.1) is 26.1 Å². The van der Waals surface area contributed by atoms with Crippen LogP contribution in [0.5, 0.6) is 0 Å². The van der Waals surface area contributed by atoms with Crippen molar-refractivity contribution in [2.45, 2.75) is 0 Å². The summed E-state index contributed by atoms with van der Waals surface area (Å²) in [4.78, 5) is 3.73. The Bertz CT molecular complexity index is 75.4. The van der Waals surface area contributed by atoms with Crippen molar-refractivity contribution in [3.63, 3.8) is 0 Å². The van der Waals surface area contributed by atoms with Crippen molar-refractivity contribution in [3.8, 4) is 0 Å². The summed E-state index contributed by atoms with van der Waals surface area (Å²) in [7, 11) is 0. The highest BCUT2D eigenvalue weighted by atomic mass is 16.3. The first-order valence-corrected chi connectivity index (χ1v) is 2.85. The van der Waals surface area contributed by atoms with Crippen LogP contribution in [0.3, 0.4) is 0 Å². The van der Waals surface area contributed by atoms with Crippen LogP contribution in [0.2, 0.25) is 0 Å². The van der Waals surface area contributed by atoms with E-state index in [0.717, 1.165) is 0 Å². The molecule has 0 bridgehead atoms. The lowest BCUT2D eigenvalue weighted by atomic mass is 10.7. The van der Waals surface area contributed by atoms with E-state index in [4.69, 9.17) is 10.2 Å². The first-order chi connectivity index (χ1) is 4.41. The molecule has 0 spiro atoms. The number of hydrogen-bond acceptors (Lipinski definition) is 3. The predicted octanol–water partition coefficient (Wildman–Crippen LogP) is -1.41. The minimum atomic E-state index is 0.0668. The first kappa shape index (κ1) is 8.39. The molecule has 0 rings (SSSR count). The third-order valence-electron chi connectivity index (χ3n) is 0.668. The lowest BCUT2D eigenvalue weighted by molar-refractivity contribution is 0.300. The zero-order valence-corrected chi connectivity index (χ0v) is 5.25. The maximum atomic E-state index is 8.25. The molecule has 0 aliphatic heterocycles. The van der Waals surface area contributed by atoms with E-state index in [0.29, 0.717) is 13.1 Å². The van der Waals surface area contributed by atoms with Gasteiger partial charge in [-0.1, -0.05) is 0 Å². The lowest BCUT2D eigenvalue weighted by Gasteiger charge is -1.92. The fraction of sp³-hybridized carbons (Fsp3) is 0.800. The molecule has 0 amide bonds. The Labute approximate surface area is 54.2 Å². The zero-order chi connectivity index (χ0) is 6.95. The van der Waals surface area contributed by atoms with Crippen molar-refractivity contribution in [2.75, 3.05) is 26.3 Å². The highest BCUT2D eigenvalue weighted by Crippen LogP contribution is 1.61. The van der Waals surface area contributed by atoms with Crippen LogP contribution in [-0.4, -0.2) is 42.9 Å². The van der Waals surface area contributed by atoms with Crippen molar-refractivity contribution in [2.24, 2.45) is 4.99 Å². The monoisotopic (exact) mass is 132 g/mol. The van der Waals surface area contributed by atoms with Gasteiger partial charge in [0.2, 0.25) is 0 Å². The molecule has 9 heavy (non-hydrogen) atoms. The SMILES string of the molecule is OCCN=CNCCO. The Morgan fingerprint density at radius 1 is 1.33 bits per heavy atom. The first-order valence-electron chi connectivity index (χ1n) is 2.85. The van der Waals surface area contributed by atoms with E-state index in [-0.39, 0.29) is 13.2 Å². The Morgan fingerprint density at radius 2 is 2.11 bits per heavy atom. The molecule has 3 N–H and O–H groups in total. The Balaban J connectivity index is 2.86. The van der Waals surface area contributed by atoms with Crippen molar-refractivity contribution >= 4 is 6.34 Å². The summed E-state index contributed by atoms with van der Waals surface area (Å²) in [5.41, 5.74) is 0. The zero-order valence-electron chi connectivity index (χ0n) is 5.25.